The van der Waals surface area contributed by atoms with Gasteiger partial charge in [-0.2, -0.15) is 0 Å². The lowest BCUT2D eigenvalue weighted by molar-refractivity contribution is 0.476. The highest BCUT2D eigenvalue weighted by Gasteiger charge is 2.27. The number of para-hydroxylation sites is 6. The van der Waals surface area contributed by atoms with Gasteiger partial charge in [0.1, 0.15) is 0 Å². The van der Waals surface area contributed by atoms with Crippen LogP contribution in [0.2, 0.25) is 0 Å². The molecule has 0 saturated heterocycles. The van der Waals surface area contributed by atoms with Gasteiger partial charge in [-0.05, 0) is 90.0 Å². The second-order valence-corrected chi connectivity index (χ2v) is 11.5. The molecule has 0 fully saturated rings. The Balaban J connectivity index is 1.12. The second kappa shape index (κ2) is 11.0. The van der Waals surface area contributed by atoms with E-state index in [-0.39, 0.29) is 0 Å². The minimum Gasteiger partial charge on any atom is -0.453 e. The van der Waals surface area contributed by atoms with Crippen molar-refractivity contribution in [3.63, 3.8) is 0 Å². The molecule has 0 saturated carbocycles. The number of fused-ring (bicyclic) bond motifs is 4. The highest BCUT2D eigenvalue weighted by Crippen LogP contribution is 2.52. The Labute approximate surface area is 263 Å². The van der Waals surface area contributed by atoms with Gasteiger partial charge in [0, 0.05) is 22.9 Å². The Morgan fingerprint density at radius 3 is 1.36 bits per heavy atom. The van der Waals surface area contributed by atoms with Crippen LogP contribution in [0.1, 0.15) is 19.4 Å². The molecule has 4 nitrogen and oxygen atoms in total. The van der Waals surface area contributed by atoms with E-state index in [1.54, 1.807) is 0 Å². The van der Waals surface area contributed by atoms with Crippen molar-refractivity contribution in [1.82, 2.24) is 0 Å². The van der Waals surface area contributed by atoms with Crippen LogP contribution in [0.4, 0.5) is 34.1 Å². The molecule has 2 aliphatic heterocycles. The maximum absolute atomic E-state index is 6.35. The molecule has 8 rings (SSSR count). The van der Waals surface area contributed by atoms with Crippen LogP contribution in [-0.4, -0.2) is 0 Å². The van der Waals surface area contributed by atoms with Gasteiger partial charge >= 0.3 is 0 Å². The number of anilines is 6. The third-order valence-electron chi connectivity index (χ3n) is 8.05. The Kier molecular flexibility index (Phi) is 6.51. The first kappa shape index (κ1) is 26.7. The minimum absolute atomic E-state index is 0.307. The Bertz CT molecular complexity index is 2060. The summed E-state index contributed by atoms with van der Waals surface area (Å²) in [7, 11) is 0. The standard InChI is InChI=1S/C41H30N2O2/c1-28(2)15-16-29-17-26-37-41(27-29)45-40-14-8-5-11-36(40)43(37)33-24-20-31(21-25-33)30-18-22-32(23-19-30)42-34-9-3-6-12-38(34)44-39-13-7-4-10-35(39)42/h3-14,17-28H,1-2H3. The zero-order valence-electron chi connectivity index (χ0n) is 25.1. The summed E-state index contributed by atoms with van der Waals surface area (Å²) in [5.41, 5.74) is 9.45. The molecule has 0 atom stereocenters. The van der Waals surface area contributed by atoms with E-state index in [1.165, 1.54) is 0 Å². The van der Waals surface area contributed by atoms with Crippen molar-refractivity contribution in [2.75, 3.05) is 9.80 Å². The van der Waals surface area contributed by atoms with E-state index >= 15 is 0 Å². The van der Waals surface area contributed by atoms with E-state index in [4.69, 9.17) is 9.47 Å². The molecule has 0 aromatic heterocycles. The maximum atomic E-state index is 6.35. The van der Waals surface area contributed by atoms with Crippen LogP contribution in [0.15, 0.2) is 140 Å². The molecule has 0 spiro atoms. The van der Waals surface area contributed by atoms with Gasteiger partial charge in [0.25, 0.3) is 0 Å². The van der Waals surface area contributed by atoms with Gasteiger partial charge < -0.3 is 19.3 Å². The molecular formula is C41H30N2O2. The number of hydrogen-bond donors (Lipinski definition) is 0. The lowest BCUT2D eigenvalue weighted by Crippen LogP contribution is -2.15. The Morgan fingerprint density at radius 2 is 0.889 bits per heavy atom. The van der Waals surface area contributed by atoms with E-state index in [1.807, 2.05) is 60.7 Å². The van der Waals surface area contributed by atoms with Crippen LogP contribution in [0.25, 0.3) is 11.1 Å². The number of hydrogen-bond acceptors (Lipinski definition) is 4. The highest BCUT2D eigenvalue weighted by atomic mass is 16.5. The molecule has 0 radical (unpaired) electrons. The fourth-order valence-electron chi connectivity index (χ4n) is 5.93. The smallest absolute Gasteiger partial charge is 0.152 e. The number of rotatable bonds is 3. The fraction of sp³-hybridized carbons (Fsp3) is 0.0732. The SMILES string of the molecule is CC(C)C#Cc1ccc2c(c1)Oc1ccccc1N2c1ccc(-c2ccc(N3c4ccccc4Oc4ccccc43)cc2)cc1. The van der Waals surface area contributed by atoms with Crippen molar-refractivity contribution in [2.45, 2.75) is 13.8 Å². The zero-order chi connectivity index (χ0) is 30.3. The van der Waals surface area contributed by atoms with Crippen molar-refractivity contribution in [3.8, 4) is 46.0 Å². The van der Waals surface area contributed by atoms with E-state index < -0.39 is 0 Å². The zero-order valence-corrected chi connectivity index (χ0v) is 25.1. The highest BCUT2D eigenvalue weighted by molar-refractivity contribution is 5.88. The van der Waals surface area contributed by atoms with Crippen LogP contribution in [-0.2, 0) is 0 Å². The second-order valence-electron chi connectivity index (χ2n) is 11.5. The van der Waals surface area contributed by atoms with Crippen molar-refractivity contribution in [1.29, 1.82) is 0 Å². The third kappa shape index (κ3) is 4.85. The molecule has 4 heteroatoms. The van der Waals surface area contributed by atoms with Crippen molar-refractivity contribution >= 4 is 34.1 Å². The summed E-state index contributed by atoms with van der Waals surface area (Å²) < 4.78 is 12.5. The average molecular weight is 583 g/mol. The third-order valence-corrected chi connectivity index (χ3v) is 8.05. The Morgan fingerprint density at radius 1 is 0.467 bits per heavy atom. The first-order chi connectivity index (χ1) is 22.1. The van der Waals surface area contributed by atoms with E-state index in [0.717, 1.165) is 73.8 Å². The van der Waals surface area contributed by atoms with E-state index in [9.17, 15) is 0 Å². The van der Waals surface area contributed by atoms with Gasteiger partial charge in [0.15, 0.2) is 23.0 Å². The predicted octanol–water partition coefficient (Wildman–Crippen LogP) is 11.5. The van der Waals surface area contributed by atoms with Crippen LogP contribution in [0.5, 0.6) is 23.0 Å². The van der Waals surface area contributed by atoms with E-state index in [0.29, 0.717) is 5.92 Å². The minimum atomic E-state index is 0.307. The van der Waals surface area contributed by atoms with Crippen LogP contribution in [0.3, 0.4) is 0 Å². The summed E-state index contributed by atoms with van der Waals surface area (Å²) in [6, 6.07) is 48.1. The van der Waals surface area contributed by atoms with Crippen molar-refractivity contribution < 1.29 is 9.47 Å². The largest absolute Gasteiger partial charge is 0.453 e. The molecule has 45 heavy (non-hydrogen) atoms. The first-order valence-electron chi connectivity index (χ1n) is 15.2. The van der Waals surface area contributed by atoms with Gasteiger partial charge in [0.2, 0.25) is 0 Å². The molecule has 0 N–H and O–H groups in total. The maximum Gasteiger partial charge on any atom is 0.152 e. The van der Waals surface area contributed by atoms with Gasteiger partial charge in [-0.3, -0.25) is 0 Å². The Hall–Kier alpha value is -5.92. The quantitative estimate of drug-likeness (QED) is 0.194. The van der Waals surface area contributed by atoms with Gasteiger partial charge in [-0.25, -0.2) is 0 Å². The summed E-state index contributed by atoms with van der Waals surface area (Å²) >= 11 is 0. The molecule has 2 heterocycles. The normalized spacial score (nSPS) is 12.5. The van der Waals surface area contributed by atoms with Crippen LogP contribution >= 0.6 is 0 Å². The van der Waals surface area contributed by atoms with Crippen molar-refractivity contribution in [3.05, 3.63) is 145 Å². The predicted molar refractivity (Wildman–Crippen MR) is 183 cm³/mol. The van der Waals surface area contributed by atoms with Gasteiger partial charge in [-0.1, -0.05) is 86.4 Å². The van der Waals surface area contributed by atoms with E-state index in [2.05, 4.69) is 114 Å². The topological polar surface area (TPSA) is 24.9 Å². The molecule has 6 aromatic carbocycles. The number of ether oxygens (including phenoxy) is 2. The van der Waals surface area contributed by atoms with Crippen LogP contribution in [0, 0.1) is 17.8 Å². The summed E-state index contributed by atoms with van der Waals surface area (Å²) in [6.45, 7) is 4.19. The molecule has 2 aliphatic rings. The summed E-state index contributed by atoms with van der Waals surface area (Å²) in [6.07, 6.45) is 0. The first-order valence-corrected chi connectivity index (χ1v) is 15.2. The lowest BCUT2D eigenvalue weighted by Gasteiger charge is -2.33. The fourth-order valence-corrected chi connectivity index (χ4v) is 5.93. The molecule has 6 aromatic rings. The van der Waals surface area contributed by atoms with Crippen LogP contribution < -0.4 is 19.3 Å². The summed E-state index contributed by atoms with van der Waals surface area (Å²) in [5, 5.41) is 0. The monoisotopic (exact) mass is 582 g/mol. The average Bonchev–Trinajstić information content (AvgIpc) is 3.08. The van der Waals surface area contributed by atoms with Gasteiger partial charge in [0.05, 0.1) is 22.7 Å². The summed E-state index contributed by atoms with van der Waals surface area (Å²) in [4.78, 5) is 4.52. The molecule has 0 bridgehead atoms. The van der Waals surface area contributed by atoms with Gasteiger partial charge in [-0.15, -0.1) is 0 Å². The molecular weight excluding hydrogens is 552 g/mol. The number of benzene rings is 6. The molecule has 216 valence electrons. The molecule has 0 aliphatic carbocycles. The van der Waals surface area contributed by atoms with Crippen molar-refractivity contribution in [2.24, 2.45) is 5.92 Å². The molecule has 0 unspecified atom stereocenters. The molecule has 0 amide bonds. The summed E-state index contributed by atoms with van der Waals surface area (Å²) in [5.74, 6) is 10.2. The number of nitrogens with zero attached hydrogens (tertiary/aromatic N) is 2. The lowest BCUT2D eigenvalue weighted by atomic mass is 10.0.